The summed E-state index contributed by atoms with van der Waals surface area (Å²) in [7, 11) is 0. The van der Waals surface area contributed by atoms with E-state index < -0.39 is 0 Å². The number of aromatic nitrogens is 2. The topological polar surface area (TPSA) is 82.7 Å². The fourth-order valence-corrected chi connectivity index (χ4v) is 3.56. The van der Waals surface area contributed by atoms with Gasteiger partial charge in [-0.25, -0.2) is 0 Å². The predicted molar refractivity (Wildman–Crippen MR) is 74.3 cm³/mol. The van der Waals surface area contributed by atoms with Crippen molar-refractivity contribution in [3.63, 3.8) is 0 Å². The zero-order valence-electron chi connectivity index (χ0n) is 12.4. The van der Waals surface area contributed by atoms with E-state index in [1.807, 2.05) is 4.90 Å². The Balaban J connectivity index is 1.65. The lowest BCUT2D eigenvalue weighted by Crippen LogP contribution is -2.50. The van der Waals surface area contributed by atoms with Gasteiger partial charge in [-0.3, -0.25) is 9.69 Å². The van der Waals surface area contributed by atoms with Crippen molar-refractivity contribution in [2.24, 2.45) is 5.41 Å². The fourth-order valence-electron chi connectivity index (χ4n) is 3.56. The number of hydrogen-bond acceptors (Lipinski definition) is 6. The van der Waals surface area contributed by atoms with Crippen LogP contribution in [0.4, 0.5) is 0 Å². The molecule has 7 nitrogen and oxygen atoms in total. The maximum absolute atomic E-state index is 12.7. The van der Waals surface area contributed by atoms with Crippen LogP contribution in [-0.4, -0.2) is 63.7 Å². The van der Waals surface area contributed by atoms with Gasteiger partial charge in [0.1, 0.15) is 0 Å². The van der Waals surface area contributed by atoms with Crippen LogP contribution in [0.25, 0.3) is 0 Å². The minimum absolute atomic E-state index is 0.0354. The minimum Gasteiger partial charge on any atom is -0.395 e. The number of aryl methyl sites for hydroxylation is 1. The Morgan fingerprint density at radius 1 is 1.38 bits per heavy atom. The van der Waals surface area contributed by atoms with Gasteiger partial charge in [-0.15, -0.1) is 0 Å². The molecule has 0 radical (unpaired) electrons. The molecule has 2 aliphatic heterocycles. The van der Waals surface area contributed by atoms with E-state index in [0.717, 1.165) is 38.9 Å². The molecule has 1 aromatic rings. The lowest BCUT2D eigenvalue weighted by atomic mass is 9.78. The maximum atomic E-state index is 12.7. The van der Waals surface area contributed by atoms with Gasteiger partial charge in [0.25, 0.3) is 0 Å². The smallest absolute Gasteiger partial charge is 0.230 e. The predicted octanol–water partition coefficient (Wildman–Crippen LogP) is 0.185. The van der Waals surface area contributed by atoms with Crippen molar-refractivity contribution in [2.75, 3.05) is 32.8 Å². The number of rotatable bonds is 4. The third-order valence-corrected chi connectivity index (χ3v) is 4.56. The van der Waals surface area contributed by atoms with Gasteiger partial charge in [0.05, 0.1) is 18.6 Å². The molecule has 3 heterocycles. The minimum atomic E-state index is -0.272. The van der Waals surface area contributed by atoms with Crippen molar-refractivity contribution >= 4 is 5.91 Å². The van der Waals surface area contributed by atoms with Crippen LogP contribution in [0.15, 0.2) is 4.52 Å². The molecule has 7 heteroatoms. The molecule has 0 saturated carbocycles. The van der Waals surface area contributed by atoms with Crippen LogP contribution < -0.4 is 0 Å². The van der Waals surface area contributed by atoms with Crippen LogP contribution in [-0.2, 0) is 11.3 Å². The lowest BCUT2D eigenvalue weighted by molar-refractivity contribution is -0.146. The first kappa shape index (κ1) is 14.5. The van der Waals surface area contributed by atoms with Crippen molar-refractivity contribution in [3.8, 4) is 0 Å². The molecule has 1 spiro atoms. The van der Waals surface area contributed by atoms with E-state index in [0.29, 0.717) is 24.8 Å². The summed E-state index contributed by atoms with van der Waals surface area (Å²) in [4.78, 5) is 20.9. The van der Waals surface area contributed by atoms with E-state index in [-0.39, 0.29) is 17.9 Å². The summed E-state index contributed by atoms with van der Waals surface area (Å²) < 4.78 is 4.99. The normalized spacial score (nSPS) is 27.0. The Labute approximate surface area is 123 Å². The van der Waals surface area contributed by atoms with Crippen LogP contribution >= 0.6 is 0 Å². The third kappa shape index (κ3) is 2.80. The second kappa shape index (κ2) is 5.73. The zero-order chi connectivity index (χ0) is 14.9. The van der Waals surface area contributed by atoms with E-state index in [1.54, 1.807) is 6.92 Å². The number of aliphatic hydroxyl groups excluding tert-OH is 1. The molecule has 1 unspecified atom stereocenters. The van der Waals surface area contributed by atoms with Crippen molar-refractivity contribution in [1.82, 2.24) is 19.9 Å². The monoisotopic (exact) mass is 294 g/mol. The van der Waals surface area contributed by atoms with Crippen LogP contribution in [0.5, 0.6) is 0 Å². The number of likely N-dealkylation sites (tertiary alicyclic amines) is 2. The van der Waals surface area contributed by atoms with Crippen molar-refractivity contribution in [3.05, 3.63) is 11.7 Å². The number of amides is 1. The lowest BCUT2D eigenvalue weighted by Gasteiger charge is -2.39. The first-order valence-corrected chi connectivity index (χ1v) is 7.55. The molecule has 2 fully saturated rings. The third-order valence-electron chi connectivity index (χ3n) is 4.56. The highest BCUT2D eigenvalue weighted by atomic mass is 16.5. The number of carbonyl (C=O) groups excluding carboxylic acids is 1. The SMILES string of the molecule is Cc1nc(CN2CCC3(CCCN(CCO)C3=O)C2)no1. The quantitative estimate of drug-likeness (QED) is 0.853. The highest BCUT2D eigenvalue weighted by Crippen LogP contribution is 2.40. The Hall–Kier alpha value is -1.47. The van der Waals surface area contributed by atoms with Gasteiger partial charge in [0.15, 0.2) is 5.82 Å². The summed E-state index contributed by atoms with van der Waals surface area (Å²) in [5.74, 6) is 1.45. The van der Waals surface area contributed by atoms with Crippen LogP contribution in [0.3, 0.4) is 0 Å². The first-order valence-electron chi connectivity index (χ1n) is 7.55. The number of β-amino-alcohol motifs (C(OH)–C–C–N with tert-alkyl or cyclic N) is 1. The van der Waals surface area contributed by atoms with Gasteiger partial charge in [-0.1, -0.05) is 5.16 Å². The average molecular weight is 294 g/mol. The molecule has 21 heavy (non-hydrogen) atoms. The van der Waals surface area contributed by atoms with Gasteiger partial charge in [-0.2, -0.15) is 4.98 Å². The Morgan fingerprint density at radius 3 is 2.95 bits per heavy atom. The summed E-state index contributed by atoms with van der Waals surface area (Å²) in [6.07, 6.45) is 2.83. The van der Waals surface area contributed by atoms with Crippen molar-refractivity contribution < 1.29 is 14.4 Å². The molecule has 0 bridgehead atoms. The zero-order valence-corrected chi connectivity index (χ0v) is 12.4. The number of piperidine rings is 1. The molecule has 3 rings (SSSR count). The highest BCUT2D eigenvalue weighted by Gasteiger charge is 2.48. The second-order valence-electron chi connectivity index (χ2n) is 6.09. The Bertz CT molecular complexity index is 516. The van der Waals surface area contributed by atoms with Gasteiger partial charge in [-0.05, 0) is 25.8 Å². The molecular formula is C14H22N4O3. The Kier molecular flexibility index (Phi) is 3.95. The van der Waals surface area contributed by atoms with E-state index in [4.69, 9.17) is 9.63 Å². The molecular weight excluding hydrogens is 272 g/mol. The van der Waals surface area contributed by atoms with Crippen molar-refractivity contribution in [1.29, 1.82) is 0 Å². The molecule has 0 aliphatic carbocycles. The van der Waals surface area contributed by atoms with Crippen LogP contribution in [0.1, 0.15) is 31.0 Å². The van der Waals surface area contributed by atoms with Gasteiger partial charge in [0, 0.05) is 26.6 Å². The molecule has 1 aromatic heterocycles. The largest absolute Gasteiger partial charge is 0.395 e. The number of carbonyl (C=O) groups is 1. The van der Waals surface area contributed by atoms with Gasteiger partial charge >= 0.3 is 0 Å². The summed E-state index contributed by atoms with van der Waals surface area (Å²) in [6, 6.07) is 0. The number of nitrogens with zero attached hydrogens (tertiary/aromatic N) is 4. The van der Waals surface area contributed by atoms with Gasteiger partial charge < -0.3 is 14.5 Å². The molecule has 2 saturated heterocycles. The second-order valence-corrected chi connectivity index (χ2v) is 6.09. The average Bonchev–Trinajstić information content (AvgIpc) is 3.04. The highest BCUT2D eigenvalue weighted by molar-refractivity contribution is 5.84. The summed E-state index contributed by atoms with van der Waals surface area (Å²) in [5, 5.41) is 13.0. The maximum Gasteiger partial charge on any atom is 0.230 e. The molecule has 116 valence electrons. The summed E-state index contributed by atoms with van der Waals surface area (Å²) in [5.41, 5.74) is -0.272. The molecule has 1 atom stereocenters. The standard InChI is InChI=1S/C14H22N4O3/c1-11-15-12(16-21-11)9-17-6-4-14(10-17)3-2-5-18(7-8-19)13(14)20/h19H,2-10H2,1H3. The number of aliphatic hydroxyl groups is 1. The molecule has 2 aliphatic rings. The van der Waals surface area contributed by atoms with Crippen molar-refractivity contribution in [2.45, 2.75) is 32.7 Å². The Morgan fingerprint density at radius 2 is 2.24 bits per heavy atom. The molecule has 1 N–H and O–H groups in total. The van der Waals surface area contributed by atoms with Crippen LogP contribution in [0, 0.1) is 12.3 Å². The van der Waals surface area contributed by atoms with E-state index >= 15 is 0 Å². The van der Waals surface area contributed by atoms with Gasteiger partial charge in [0.2, 0.25) is 11.8 Å². The van der Waals surface area contributed by atoms with E-state index in [2.05, 4.69) is 15.0 Å². The van der Waals surface area contributed by atoms with E-state index in [9.17, 15) is 4.79 Å². The fraction of sp³-hybridized carbons (Fsp3) is 0.786. The van der Waals surface area contributed by atoms with E-state index in [1.165, 1.54) is 0 Å². The summed E-state index contributed by atoms with van der Waals surface area (Å²) >= 11 is 0. The summed E-state index contributed by atoms with van der Waals surface area (Å²) in [6.45, 7) is 5.29. The van der Waals surface area contributed by atoms with Crippen LogP contribution in [0.2, 0.25) is 0 Å². The molecule has 0 aromatic carbocycles. The number of hydrogen-bond donors (Lipinski definition) is 1. The molecule has 1 amide bonds. The first-order chi connectivity index (χ1) is 10.1.